The molecule has 2 saturated carbocycles. The van der Waals surface area contributed by atoms with E-state index in [-0.39, 0.29) is 17.9 Å². The summed E-state index contributed by atoms with van der Waals surface area (Å²) in [6.45, 7) is 0. The topological polar surface area (TPSA) is 112 Å². The molecular formula is C25H30N4O5S. The summed E-state index contributed by atoms with van der Waals surface area (Å²) in [4.78, 5) is 17.4. The Morgan fingerprint density at radius 3 is 2.34 bits per heavy atom. The number of pyridine rings is 1. The van der Waals surface area contributed by atoms with Gasteiger partial charge >= 0.3 is 0 Å². The van der Waals surface area contributed by atoms with Gasteiger partial charge in [0.15, 0.2) is 5.65 Å². The van der Waals surface area contributed by atoms with Crippen molar-refractivity contribution in [1.29, 1.82) is 0 Å². The molecule has 3 aromatic rings. The van der Waals surface area contributed by atoms with E-state index in [0.717, 1.165) is 68.0 Å². The van der Waals surface area contributed by atoms with Crippen molar-refractivity contribution in [2.75, 3.05) is 13.4 Å². The van der Waals surface area contributed by atoms with Gasteiger partial charge in [0.1, 0.15) is 11.4 Å². The van der Waals surface area contributed by atoms with Crippen LogP contribution in [0.25, 0.3) is 16.7 Å². The second-order valence-electron chi connectivity index (χ2n) is 9.42. The number of methoxy groups -OCH3 is 1. The van der Waals surface area contributed by atoms with Crippen molar-refractivity contribution in [1.82, 2.24) is 19.5 Å². The zero-order chi connectivity index (χ0) is 24.6. The first-order chi connectivity index (χ1) is 16.8. The van der Waals surface area contributed by atoms with Gasteiger partial charge in [-0.15, -0.1) is 0 Å². The summed E-state index contributed by atoms with van der Waals surface area (Å²) in [5, 5.41) is 5.73. The molecule has 2 aliphatic rings. The highest BCUT2D eigenvalue weighted by Crippen LogP contribution is 2.43. The highest BCUT2D eigenvalue weighted by atomic mass is 32.2. The van der Waals surface area contributed by atoms with E-state index < -0.39 is 15.9 Å². The lowest BCUT2D eigenvalue weighted by Gasteiger charge is -2.29. The van der Waals surface area contributed by atoms with Crippen LogP contribution in [0, 0.1) is 0 Å². The molecular weight excluding hydrogens is 468 g/mol. The predicted molar refractivity (Wildman–Crippen MR) is 131 cm³/mol. The van der Waals surface area contributed by atoms with Crippen molar-refractivity contribution < 1.29 is 22.7 Å². The normalized spacial score (nSPS) is 21.0. The zero-order valence-electron chi connectivity index (χ0n) is 19.9. The number of benzene rings is 1. The molecule has 2 aliphatic carbocycles. The van der Waals surface area contributed by atoms with Crippen LogP contribution in [0.3, 0.4) is 0 Å². The van der Waals surface area contributed by atoms with Crippen molar-refractivity contribution >= 4 is 27.0 Å². The van der Waals surface area contributed by atoms with E-state index >= 15 is 0 Å². The van der Waals surface area contributed by atoms with Gasteiger partial charge < -0.3 is 9.47 Å². The number of fused-ring (bicyclic) bond motifs is 1. The van der Waals surface area contributed by atoms with Gasteiger partial charge in [0, 0.05) is 19.1 Å². The van der Waals surface area contributed by atoms with Gasteiger partial charge in [0.25, 0.3) is 5.91 Å². The lowest BCUT2D eigenvalue weighted by molar-refractivity contribution is 0.0331. The lowest BCUT2D eigenvalue weighted by atomic mass is 9.82. The van der Waals surface area contributed by atoms with Crippen molar-refractivity contribution in [3.8, 4) is 11.4 Å². The third-order valence-corrected chi connectivity index (χ3v) is 7.44. The van der Waals surface area contributed by atoms with E-state index in [4.69, 9.17) is 14.6 Å². The summed E-state index contributed by atoms with van der Waals surface area (Å²) in [7, 11) is -2.03. The van der Waals surface area contributed by atoms with Gasteiger partial charge in [-0.05, 0) is 50.7 Å². The first kappa shape index (κ1) is 23.7. The molecule has 1 amide bonds. The van der Waals surface area contributed by atoms with Crippen LogP contribution in [0.4, 0.5) is 0 Å². The second kappa shape index (κ2) is 9.58. The molecule has 1 aromatic carbocycles. The third kappa shape index (κ3) is 5.04. The number of amides is 1. The van der Waals surface area contributed by atoms with Crippen molar-refractivity contribution in [3.05, 3.63) is 47.8 Å². The summed E-state index contributed by atoms with van der Waals surface area (Å²) in [5.74, 6) is 0.0264. The molecule has 0 spiro atoms. The van der Waals surface area contributed by atoms with Crippen LogP contribution < -0.4 is 9.46 Å². The average Bonchev–Trinajstić information content (AvgIpc) is 3.17. The van der Waals surface area contributed by atoms with Gasteiger partial charge in [-0.3, -0.25) is 4.79 Å². The molecule has 0 radical (unpaired) electrons. The van der Waals surface area contributed by atoms with Gasteiger partial charge in [-0.1, -0.05) is 24.6 Å². The maximum absolute atomic E-state index is 12.8. The van der Waals surface area contributed by atoms with Gasteiger partial charge in [0.05, 0.1) is 35.2 Å². The van der Waals surface area contributed by atoms with Crippen LogP contribution in [0.2, 0.25) is 0 Å². The number of hydrogen-bond acceptors (Lipinski definition) is 7. The molecule has 9 nitrogen and oxygen atoms in total. The number of carbonyl (C=O) groups excluding carboxylic acids is 1. The predicted octanol–water partition coefficient (Wildman–Crippen LogP) is 3.71. The number of sulfonamides is 1. The number of nitrogens with zero attached hydrogens (tertiary/aromatic N) is 3. The summed E-state index contributed by atoms with van der Waals surface area (Å²) >= 11 is 0. The van der Waals surface area contributed by atoms with E-state index in [1.165, 1.54) is 0 Å². The Kier molecular flexibility index (Phi) is 6.50. The number of hydrogen-bond donors (Lipinski definition) is 1. The van der Waals surface area contributed by atoms with Gasteiger partial charge in [-0.2, -0.15) is 5.10 Å². The number of para-hydroxylation sites is 1. The lowest BCUT2D eigenvalue weighted by Crippen LogP contribution is -2.30. The zero-order valence-corrected chi connectivity index (χ0v) is 20.8. The van der Waals surface area contributed by atoms with E-state index in [9.17, 15) is 13.2 Å². The summed E-state index contributed by atoms with van der Waals surface area (Å²) < 4.78 is 39.3. The van der Waals surface area contributed by atoms with Crippen molar-refractivity contribution in [3.63, 3.8) is 0 Å². The minimum absolute atomic E-state index is 0.0271. The number of aromatic nitrogens is 3. The van der Waals surface area contributed by atoms with Crippen molar-refractivity contribution in [2.24, 2.45) is 0 Å². The molecule has 10 heteroatoms. The first-order valence-corrected chi connectivity index (χ1v) is 13.9. The SMILES string of the molecule is CO[C@H]1CC[C@H](Oc2cc(C(=O)NS(C)(=O)=O)nc3c2c(C2CCC2)nn3-c2ccccc2)CC1. The van der Waals surface area contributed by atoms with Crippen LogP contribution in [-0.4, -0.2) is 54.7 Å². The van der Waals surface area contributed by atoms with E-state index in [2.05, 4.69) is 4.98 Å². The summed E-state index contributed by atoms with van der Waals surface area (Å²) in [5.41, 5.74) is 2.18. The maximum atomic E-state index is 12.8. The largest absolute Gasteiger partial charge is 0.490 e. The Morgan fingerprint density at radius 2 is 1.74 bits per heavy atom. The quantitative estimate of drug-likeness (QED) is 0.528. The molecule has 35 heavy (non-hydrogen) atoms. The van der Waals surface area contributed by atoms with Crippen molar-refractivity contribution in [2.45, 2.75) is 63.1 Å². The molecule has 0 atom stereocenters. The summed E-state index contributed by atoms with van der Waals surface area (Å²) in [6.07, 6.45) is 7.82. The van der Waals surface area contributed by atoms with Gasteiger partial charge in [-0.25, -0.2) is 22.8 Å². The minimum atomic E-state index is -3.76. The third-order valence-electron chi connectivity index (χ3n) is 6.88. The van der Waals surface area contributed by atoms with Crippen LogP contribution in [0.5, 0.6) is 5.75 Å². The Morgan fingerprint density at radius 1 is 1.06 bits per heavy atom. The first-order valence-electron chi connectivity index (χ1n) is 12.0. The number of ether oxygens (including phenoxy) is 2. The summed E-state index contributed by atoms with van der Waals surface area (Å²) in [6, 6.07) is 11.2. The highest BCUT2D eigenvalue weighted by Gasteiger charge is 2.31. The van der Waals surface area contributed by atoms with E-state index in [0.29, 0.717) is 17.3 Å². The standard InChI is InChI=1S/C25H30N4O5S/c1-33-18-11-13-19(14-12-18)34-21-15-20(25(30)28-35(2,31)32)26-24-22(21)23(16-7-6-8-16)27-29(24)17-9-4-3-5-10-17/h3-5,9-10,15-16,18-19H,6-8,11-14H2,1-2H3,(H,28,30)/t18-,19-. The average molecular weight is 499 g/mol. The molecule has 0 unspecified atom stereocenters. The second-order valence-corrected chi connectivity index (χ2v) is 11.2. The molecule has 0 saturated heterocycles. The Bertz CT molecular complexity index is 1330. The van der Waals surface area contributed by atoms with Gasteiger partial charge in [0.2, 0.25) is 10.0 Å². The smallest absolute Gasteiger partial charge is 0.283 e. The van der Waals surface area contributed by atoms with Crippen LogP contribution >= 0.6 is 0 Å². The molecule has 2 aromatic heterocycles. The van der Waals surface area contributed by atoms with Crippen LogP contribution in [-0.2, 0) is 14.8 Å². The van der Waals surface area contributed by atoms with E-state index in [1.54, 1.807) is 17.9 Å². The number of carbonyl (C=O) groups is 1. The number of rotatable bonds is 7. The molecule has 2 heterocycles. The maximum Gasteiger partial charge on any atom is 0.283 e. The van der Waals surface area contributed by atoms with Crippen LogP contribution in [0.15, 0.2) is 36.4 Å². The molecule has 186 valence electrons. The fraction of sp³-hybridized carbons (Fsp3) is 0.480. The highest BCUT2D eigenvalue weighted by molar-refractivity contribution is 7.89. The Hall–Kier alpha value is -2.98. The fourth-order valence-corrected chi connectivity index (χ4v) is 5.26. The van der Waals surface area contributed by atoms with Crippen LogP contribution in [0.1, 0.15) is 67.0 Å². The Labute approximate surface area is 204 Å². The minimum Gasteiger partial charge on any atom is -0.490 e. The number of nitrogens with one attached hydrogen (secondary N) is 1. The fourth-order valence-electron chi connectivity index (χ4n) is 4.82. The molecule has 0 bridgehead atoms. The van der Waals surface area contributed by atoms with E-state index in [1.807, 2.05) is 35.1 Å². The molecule has 2 fully saturated rings. The molecule has 0 aliphatic heterocycles. The Balaban J connectivity index is 1.64. The molecule has 1 N–H and O–H groups in total. The molecule has 5 rings (SSSR count). The monoisotopic (exact) mass is 498 g/mol.